The zero-order chi connectivity index (χ0) is 15.3. The first-order valence-corrected chi connectivity index (χ1v) is 7.37. The molecule has 1 aromatic heterocycles. The summed E-state index contributed by atoms with van der Waals surface area (Å²) >= 11 is 0. The molecular weight excluding hydrogens is 268 g/mol. The van der Waals surface area contributed by atoms with Crippen LogP contribution in [0.25, 0.3) is 0 Å². The number of nitrogens with zero attached hydrogens (tertiary/aromatic N) is 3. The quantitative estimate of drug-likeness (QED) is 0.917. The van der Waals surface area contributed by atoms with Crippen LogP contribution in [-0.2, 0) is 11.3 Å². The fraction of sp³-hybridized carbons (Fsp3) is 0.667. The largest absolute Gasteiger partial charge is 0.444 e. The lowest BCUT2D eigenvalue weighted by Gasteiger charge is -2.24. The van der Waals surface area contributed by atoms with Gasteiger partial charge in [-0.1, -0.05) is 0 Å². The SMILES string of the molecule is CC(C)(C)OC(=O)N1CC[C@H](CNCc2cnccn2)C1. The maximum Gasteiger partial charge on any atom is 0.410 e. The van der Waals surface area contributed by atoms with Gasteiger partial charge >= 0.3 is 6.09 Å². The highest BCUT2D eigenvalue weighted by Crippen LogP contribution is 2.18. The molecule has 6 nitrogen and oxygen atoms in total. The van der Waals surface area contributed by atoms with Crippen molar-refractivity contribution in [1.29, 1.82) is 0 Å². The molecule has 0 unspecified atom stereocenters. The second-order valence-corrected chi connectivity index (χ2v) is 6.41. The number of hydrogen-bond donors (Lipinski definition) is 1. The molecule has 2 rings (SSSR count). The Bertz CT molecular complexity index is 458. The standard InChI is InChI=1S/C15H24N4O2/c1-15(2,3)21-14(20)19-7-4-12(11-19)8-17-10-13-9-16-5-6-18-13/h5-6,9,12,17H,4,7-8,10-11H2,1-3H3/t12-/m1/s1. The molecule has 1 atom stereocenters. The first-order valence-electron chi connectivity index (χ1n) is 7.37. The third-order valence-corrected chi connectivity index (χ3v) is 3.29. The van der Waals surface area contributed by atoms with Gasteiger partial charge in [0, 0.05) is 44.8 Å². The van der Waals surface area contributed by atoms with E-state index in [1.807, 2.05) is 20.8 Å². The summed E-state index contributed by atoms with van der Waals surface area (Å²) in [6, 6.07) is 0. The van der Waals surface area contributed by atoms with E-state index in [0.717, 1.165) is 31.7 Å². The van der Waals surface area contributed by atoms with Gasteiger partial charge in [0.25, 0.3) is 0 Å². The van der Waals surface area contributed by atoms with E-state index in [0.29, 0.717) is 12.5 Å². The summed E-state index contributed by atoms with van der Waals surface area (Å²) in [6.45, 7) is 8.77. The van der Waals surface area contributed by atoms with E-state index in [-0.39, 0.29) is 6.09 Å². The Morgan fingerprint density at radius 1 is 1.48 bits per heavy atom. The fourth-order valence-corrected chi connectivity index (χ4v) is 2.32. The van der Waals surface area contributed by atoms with Gasteiger partial charge in [-0.3, -0.25) is 9.97 Å². The zero-order valence-corrected chi connectivity index (χ0v) is 13.0. The average Bonchev–Trinajstić information content (AvgIpc) is 2.87. The maximum absolute atomic E-state index is 12.0. The number of amides is 1. The summed E-state index contributed by atoms with van der Waals surface area (Å²) in [4.78, 5) is 22.0. The van der Waals surface area contributed by atoms with E-state index in [4.69, 9.17) is 4.74 Å². The van der Waals surface area contributed by atoms with Crippen LogP contribution in [0.5, 0.6) is 0 Å². The summed E-state index contributed by atoms with van der Waals surface area (Å²) in [5.41, 5.74) is 0.499. The highest BCUT2D eigenvalue weighted by atomic mass is 16.6. The van der Waals surface area contributed by atoms with Gasteiger partial charge in [0.15, 0.2) is 0 Å². The van der Waals surface area contributed by atoms with Gasteiger partial charge in [0.2, 0.25) is 0 Å². The Hall–Kier alpha value is -1.69. The topological polar surface area (TPSA) is 67.3 Å². The predicted molar refractivity (Wildman–Crippen MR) is 79.7 cm³/mol. The van der Waals surface area contributed by atoms with Gasteiger partial charge in [-0.05, 0) is 33.1 Å². The Morgan fingerprint density at radius 2 is 2.29 bits per heavy atom. The summed E-state index contributed by atoms with van der Waals surface area (Å²) < 4.78 is 5.39. The Morgan fingerprint density at radius 3 is 2.95 bits per heavy atom. The number of likely N-dealkylation sites (tertiary alicyclic amines) is 1. The van der Waals surface area contributed by atoms with Crippen LogP contribution in [0, 0.1) is 5.92 Å². The number of carbonyl (C=O) groups excluding carboxylic acids is 1. The molecule has 1 aliphatic heterocycles. The number of hydrogen-bond acceptors (Lipinski definition) is 5. The van der Waals surface area contributed by atoms with Gasteiger partial charge < -0.3 is 15.0 Å². The van der Waals surface area contributed by atoms with Crippen molar-refractivity contribution in [2.45, 2.75) is 39.3 Å². The van der Waals surface area contributed by atoms with Crippen molar-refractivity contribution in [3.8, 4) is 0 Å². The summed E-state index contributed by atoms with van der Waals surface area (Å²) in [5, 5.41) is 3.37. The van der Waals surface area contributed by atoms with Crippen LogP contribution < -0.4 is 5.32 Å². The van der Waals surface area contributed by atoms with Crippen LogP contribution in [0.15, 0.2) is 18.6 Å². The number of nitrogens with one attached hydrogen (secondary N) is 1. The lowest BCUT2D eigenvalue weighted by molar-refractivity contribution is 0.0288. The van der Waals surface area contributed by atoms with Crippen LogP contribution in [0.3, 0.4) is 0 Å². The fourth-order valence-electron chi connectivity index (χ4n) is 2.32. The minimum atomic E-state index is -0.431. The minimum Gasteiger partial charge on any atom is -0.444 e. The smallest absolute Gasteiger partial charge is 0.410 e. The molecule has 21 heavy (non-hydrogen) atoms. The van der Waals surface area contributed by atoms with Crippen molar-refractivity contribution in [1.82, 2.24) is 20.2 Å². The first kappa shape index (κ1) is 15.7. The van der Waals surface area contributed by atoms with E-state index in [9.17, 15) is 4.79 Å². The van der Waals surface area contributed by atoms with Crippen LogP contribution in [0.2, 0.25) is 0 Å². The van der Waals surface area contributed by atoms with Crippen molar-refractivity contribution < 1.29 is 9.53 Å². The molecular formula is C15H24N4O2. The number of ether oxygens (including phenoxy) is 1. The van der Waals surface area contributed by atoms with Crippen molar-refractivity contribution in [2.75, 3.05) is 19.6 Å². The molecule has 1 fully saturated rings. The Labute approximate surface area is 125 Å². The molecule has 6 heteroatoms. The van der Waals surface area contributed by atoms with Gasteiger partial charge in [-0.25, -0.2) is 4.79 Å². The van der Waals surface area contributed by atoms with E-state index in [1.54, 1.807) is 23.5 Å². The summed E-state index contributed by atoms with van der Waals surface area (Å²) in [5.74, 6) is 0.467. The third-order valence-electron chi connectivity index (χ3n) is 3.29. The van der Waals surface area contributed by atoms with Crippen molar-refractivity contribution in [3.05, 3.63) is 24.3 Å². The van der Waals surface area contributed by atoms with Gasteiger partial charge in [-0.2, -0.15) is 0 Å². The second kappa shape index (κ2) is 6.85. The Kier molecular flexibility index (Phi) is 5.12. The molecule has 1 aliphatic rings. The van der Waals surface area contributed by atoms with Crippen LogP contribution in [-0.4, -0.2) is 46.2 Å². The number of rotatable bonds is 4. The molecule has 0 saturated carbocycles. The Balaban J connectivity index is 1.69. The second-order valence-electron chi connectivity index (χ2n) is 6.41. The van der Waals surface area contributed by atoms with Gasteiger partial charge in [0.05, 0.1) is 5.69 Å². The molecule has 0 aromatic carbocycles. The average molecular weight is 292 g/mol. The van der Waals surface area contributed by atoms with E-state index in [1.165, 1.54) is 0 Å². The third kappa shape index (κ3) is 5.30. The van der Waals surface area contributed by atoms with E-state index >= 15 is 0 Å². The molecule has 1 saturated heterocycles. The van der Waals surface area contributed by atoms with Gasteiger partial charge in [0.1, 0.15) is 5.60 Å². The molecule has 1 N–H and O–H groups in total. The molecule has 1 amide bonds. The summed E-state index contributed by atoms with van der Waals surface area (Å²) in [7, 11) is 0. The molecule has 0 radical (unpaired) electrons. The molecule has 0 bridgehead atoms. The molecule has 0 aliphatic carbocycles. The summed E-state index contributed by atoms with van der Waals surface area (Å²) in [6.07, 6.45) is 5.91. The van der Waals surface area contributed by atoms with E-state index < -0.39 is 5.60 Å². The van der Waals surface area contributed by atoms with Crippen LogP contribution >= 0.6 is 0 Å². The molecule has 2 heterocycles. The monoisotopic (exact) mass is 292 g/mol. The zero-order valence-electron chi connectivity index (χ0n) is 13.0. The molecule has 0 spiro atoms. The van der Waals surface area contributed by atoms with Gasteiger partial charge in [-0.15, -0.1) is 0 Å². The van der Waals surface area contributed by atoms with Crippen molar-refractivity contribution >= 4 is 6.09 Å². The molecule has 1 aromatic rings. The number of aromatic nitrogens is 2. The number of carbonyl (C=O) groups is 1. The van der Waals surface area contributed by atoms with Crippen molar-refractivity contribution in [2.24, 2.45) is 5.92 Å². The highest BCUT2D eigenvalue weighted by Gasteiger charge is 2.29. The minimum absolute atomic E-state index is 0.209. The molecule has 116 valence electrons. The normalized spacial score (nSPS) is 18.8. The predicted octanol–water partition coefficient (Wildman–Crippen LogP) is 1.82. The van der Waals surface area contributed by atoms with E-state index in [2.05, 4.69) is 15.3 Å². The maximum atomic E-state index is 12.0. The first-order chi connectivity index (χ1) is 9.94. The highest BCUT2D eigenvalue weighted by molar-refractivity contribution is 5.68. The van der Waals surface area contributed by atoms with Crippen molar-refractivity contribution in [3.63, 3.8) is 0 Å². The lowest BCUT2D eigenvalue weighted by Crippen LogP contribution is -2.36. The lowest BCUT2D eigenvalue weighted by atomic mass is 10.1. The van der Waals surface area contributed by atoms with Crippen LogP contribution in [0.1, 0.15) is 32.9 Å². The van der Waals surface area contributed by atoms with Crippen LogP contribution in [0.4, 0.5) is 4.79 Å².